The first-order valence-electron chi connectivity index (χ1n) is 6.25. The van der Waals surface area contributed by atoms with Gasteiger partial charge in [-0.2, -0.15) is 0 Å². The van der Waals surface area contributed by atoms with E-state index in [0.717, 1.165) is 25.4 Å². The third-order valence-electron chi connectivity index (χ3n) is 3.51. The molecule has 17 heavy (non-hydrogen) atoms. The van der Waals surface area contributed by atoms with E-state index in [1.165, 1.54) is 24.1 Å². The number of benzene rings is 1. The first-order valence-corrected chi connectivity index (χ1v) is 6.25. The fourth-order valence-corrected chi connectivity index (χ4v) is 2.52. The molecule has 0 saturated carbocycles. The Kier molecular flexibility index (Phi) is 4.02. The van der Waals surface area contributed by atoms with Gasteiger partial charge in [0.15, 0.2) is 0 Å². The van der Waals surface area contributed by atoms with Crippen LogP contribution in [-0.2, 0) is 11.3 Å². The lowest BCUT2D eigenvalue weighted by Gasteiger charge is -2.16. The number of rotatable bonds is 4. The molecular formula is C14H22N2O. The average Bonchev–Trinajstić information content (AvgIpc) is 2.72. The molecule has 0 aliphatic carbocycles. The second-order valence-electron chi connectivity index (χ2n) is 5.04. The number of likely N-dealkylation sites (tertiary alicyclic amines) is 1. The van der Waals surface area contributed by atoms with Gasteiger partial charge in [-0.3, -0.25) is 4.90 Å². The van der Waals surface area contributed by atoms with Gasteiger partial charge in [0.05, 0.1) is 6.61 Å². The summed E-state index contributed by atoms with van der Waals surface area (Å²) >= 11 is 0. The number of nitrogen functional groups attached to an aromatic ring is 1. The molecule has 2 rings (SSSR count). The van der Waals surface area contributed by atoms with Crippen molar-refractivity contribution in [2.24, 2.45) is 5.92 Å². The van der Waals surface area contributed by atoms with Crippen molar-refractivity contribution in [2.75, 3.05) is 32.5 Å². The molecule has 1 aromatic rings. The monoisotopic (exact) mass is 234 g/mol. The van der Waals surface area contributed by atoms with Crippen molar-refractivity contribution in [1.82, 2.24) is 4.90 Å². The first-order chi connectivity index (χ1) is 8.19. The number of ether oxygens (including phenoxy) is 1. The normalized spacial score (nSPS) is 20.9. The lowest BCUT2D eigenvalue weighted by atomic mass is 10.1. The minimum atomic E-state index is 0.704. The standard InChI is InChI=1S/C14H22N2O/c1-11-7-12(3-4-14(11)15)8-16-6-5-13(9-16)10-17-2/h3-4,7,13H,5-6,8-10,15H2,1-2H3. The summed E-state index contributed by atoms with van der Waals surface area (Å²) in [5.74, 6) is 0.704. The highest BCUT2D eigenvalue weighted by Crippen LogP contribution is 2.20. The van der Waals surface area contributed by atoms with Gasteiger partial charge in [-0.25, -0.2) is 0 Å². The van der Waals surface area contributed by atoms with Gasteiger partial charge in [0.1, 0.15) is 0 Å². The fraction of sp³-hybridized carbons (Fsp3) is 0.571. The Labute approximate surface area is 104 Å². The zero-order valence-electron chi connectivity index (χ0n) is 10.8. The smallest absolute Gasteiger partial charge is 0.0503 e. The molecule has 0 aromatic heterocycles. The van der Waals surface area contributed by atoms with Crippen LogP contribution in [0, 0.1) is 12.8 Å². The van der Waals surface area contributed by atoms with Gasteiger partial charge in [-0.15, -0.1) is 0 Å². The zero-order chi connectivity index (χ0) is 12.3. The van der Waals surface area contributed by atoms with Crippen molar-refractivity contribution in [2.45, 2.75) is 19.9 Å². The molecule has 1 aliphatic heterocycles. The highest BCUT2D eigenvalue weighted by atomic mass is 16.5. The van der Waals surface area contributed by atoms with Crippen molar-refractivity contribution >= 4 is 5.69 Å². The van der Waals surface area contributed by atoms with E-state index < -0.39 is 0 Å². The van der Waals surface area contributed by atoms with Gasteiger partial charge >= 0.3 is 0 Å². The maximum atomic E-state index is 5.83. The SMILES string of the molecule is COCC1CCN(Cc2ccc(N)c(C)c2)C1. The second-order valence-corrected chi connectivity index (χ2v) is 5.04. The summed E-state index contributed by atoms with van der Waals surface area (Å²) in [4.78, 5) is 2.49. The Morgan fingerprint density at radius 2 is 2.29 bits per heavy atom. The van der Waals surface area contributed by atoms with Crippen LogP contribution >= 0.6 is 0 Å². The molecule has 0 amide bonds. The van der Waals surface area contributed by atoms with Gasteiger partial charge in [0.2, 0.25) is 0 Å². The fourth-order valence-electron chi connectivity index (χ4n) is 2.52. The Hall–Kier alpha value is -1.06. The predicted molar refractivity (Wildman–Crippen MR) is 70.9 cm³/mol. The Balaban J connectivity index is 1.91. The summed E-state index contributed by atoms with van der Waals surface area (Å²) in [6.07, 6.45) is 1.25. The number of methoxy groups -OCH3 is 1. The summed E-state index contributed by atoms with van der Waals surface area (Å²) in [6.45, 7) is 6.31. The highest BCUT2D eigenvalue weighted by Gasteiger charge is 2.22. The number of nitrogens with zero attached hydrogens (tertiary/aromatic N) is 1. The highest BCUT2D eigenvalue weighted by molar-refractivity contribution is 5.47. The van der Waals surface area contributed by atoms with Crippen LogP contribution in [0.25, 0.3) is 0 Å². The molecular weight excluding hydrogens is 212 g/mol. The van der Waals surface area contributed by atoms with E-state index in [9.17, 15) is 0 Å². The van der Waals surface area contributed by atoms with E-state index in [4.69, 9.17) is 10.5 Å². The number of aryl methyl sites for hydroxylation is 1. The molecule has 3 nitrogen and oxygen atoms in total. The summed E-state index contributed by atoms with van der Waals surface area (Å²) in [5, 5.41) is 0. The predicted octanol–water partition coefficient (Wildman–Crippen LogP) is 2.05. The summed E-state index contributed by atoms with van der Waals surface area (Å²) < 4.78 is 5.22. The molecule has 1 aliphatic rings. The Morgan fingerprint density at radius 3 is 3.00 bits per heavy atom. The van der Waals surface area contributed by atoms with Gasteiger partial charge in [0, 0.05) is 25.9 Å². The average molecular weight is 234 g/mol. The van der Waals surface area contributed by atoms with Crippen molar-refractivity contribution < 1.29 is 4.74 Å². The molecule has 1 atom stereocenters. The van der Waals surface area contributed by atoms with Crippen LogP contribution in [0.2, 0.25) is 0 Å². The third-order valence-corrected chi connectivity index (χ3v) is 3.51. The van der Waals surface area contributed by atoms with Crippen molar-refractivity contribution in [3.8, 4) is 0 Å². The molecule has 3 heteroatoms. The molecule has 1 saturated heterocycles. The molecule has 0 bridgehead atoms. The van der Waals surface area contributed by atoms with Gasteiger partial charge < -0.3 is 10.5 Å². The van der Waals surface area contributed by atoms with E-state index >= 15 is 0 Å². The molecule has 0 spiro atoms. The van der Waals surface area contributed by atoms with Crippen LogP contribution in [0.1, 0.15) is 17.5 Å². The third kappa shape index (κ3) is 3.20. The van der Waals surface area contributed by atoms with Gasteiger partial charge in [0.25, 0.3) is 0 Å². The molecule has 0 radical (unpaired) electrons. The maximum absolute atomic E-state index is 5.83. The van der Waals surface area contributed by atoms with E-state index in [0.29, 0.717) is 5.92 Å². The number of anilines is 1. The Bertz CT molecular complexity index is 378. The zero-order valence-corrected chi connectivity index (χ0v) is 10.8. The van der Waals surface area contributed by atoms with Crippen molar-refractivity contribution in [3.05, 3.63) is 29.3 Å². The molecule has 1 fully saturated rings. The van der Waals surface area contributed by atoms with Crippen LogP contribution in [0.15, 0.2) is 18.2 Å². The minimum absolute atomic E-state index is 0.704. The second kappa shape index (κ2) is 5.52. The molecule has 1 unspecified atom stereocenters. The van der Waals surface area contributed by atoms with Crippen LogP contribution in [-0.4, -0.2) is 31.7 Å². The topological polar surface area (TPSA) is 38.5 Å². The van der Waals surface area contributed by atoms with E-state index in [-0.39, 0.29) is 0 Å². The van der Waals surface area contributed by atoms with E-state index in [1.54, 1.807) is 7.11 Å². The molecule has 94 valence electrons. The van der Waals surface area contributed by atoms with Crippen LogP contribution < -0.4 is 5.73 Å². The van der Waals surface area contributed by atoms with Crippen molar-refractivity contribution in [3.63, 3.8) is 0 Å². The molecule has 1 aromatic carbocycles. The minimum Gasteiger partial charge on any atom is -0.399 e. The van der Waals surface area contributed by atoms with Gasteiger partial charge in [-0.05, 0) is 43.0 Å². The first kappa shape index (κ1) is 12.4. The quantitative estimate of drug-likeness (QED) is 0.810. The summed E-state index contributed by atoms with van der Waals surface area (Å²) in [6, 6.07) is 6.33. The Morgan fingerprint density at radius 1 is 1.47 bits per heavy atom. The molecule has 2 N–H and O–H groups in total. The summed E-state index contributed by atoms with van der Waals surface area (Å²) in [5.41, 5.74) is 9.24. The largest absolute Gasteiger partial charge is 0.399 e. The number of hydrogen-bond donors (Lipinski definition) is 1. The van der Waals surface area contributed by atoms with Crippen LogP contribution in [0.4, 0.5) is 5.69 Å². The lowest BCUT2D eigenvalue weighted by Crippen LogP contribution is -2.21. The number of nitrogens with two attached hydrogens (primary N) is 1. The maximum Gasteiger partial charge on any atom is 0.0503 e. The molecule has 1 heterocycles. The lowest BCUT2D eigenvalue weighted by molar-refractivity contribution is 0.152. The van der Waals surface area contributed by atoms with Crippen LogP contribution in [0.5, 0.6) is 0 Å². The van der Waals surface area contributed by atoms with E-state index in [2.05, 4.69) is 24.0 Å². The van der Waals surface area contributed by atoms with Crippen molar-refractivity contribution in [1.29, 1.82) is 0 Å². The summed E-state index contributed by atoms with van der Waals surface area (Å²) in [7, 11) is 1.78. The van der Waals surface area contributed by atoms with E-state index in [1.807, 2.05) is 6.07 Å². The number of hydrogen-bond acceptors (Lipinski definition) is 3. The van der Waals surface area contributed by atoms with Gasteiger partial charge in [-0.1, -0.05) is 12.1 Å². The van der Waals surface area contributed by atoms with Crippen LogP contribution in [0.3, 0.4) is 0 Å².